The lowest BCUT2D eigenvalue weighted by atomic mass is 9.75. The Morgan fingerprint density at radius 1 is 1.45 bits per heavy atom. The van der Waals surface area contributed by atoms with Crippen LogP contribution in [0.5, 0.6) is 5.75 Å². The molecule has 0 bridgehead atoms. The van der Waals surface area contributed by atoms with Crippen LogP contribution in [0.3, 0.4) is 0 Å². The minimum atomic E-state index is -0.0732. The average molecular weight is 276 g/mol. The highest BCUT2D eigenvalue weighted by Gasteiger charge is 2.28. The molecule has 2 rings (SSSR count). The van der Waals surface area contributed by atoms with Crippen LogP contribution in [0.4, 0.5) is 5.69 Å². The normalized spacial score (nSPS) is 21.2. The van der Waals surface area contributed by atoms with Crippen molar-refractivity contribution in [1.82, 2.24) is 5.32 Å². The first-order chi connectivity index (χ1) is 9.46. The molecule has 1 aliphatic rings. The molecule has 1 aromatic rings. The molecule has 1 aromatic carbocycles. The second-order valence-corrected chi connectivity index (χ2v) is 6.35. The summed E-state index contributed by atoms with van der Waals surface area (Å²) in [6.45, 7) is 4.53. The Bertz CT molecular complexity index is 471. The maximum Gasteiger partial charge on any atom is 0.258 e. The first kappa shape index (κ1) is 14.7. The van der Waals surface area contributed by atoms with Gasteiger partial charge in [-0.25, -0.2) is 0 Å². The number of rotatable bonds is 4. The van der Waals surface area contributed by atoms with E-state index in [1.165, 1.54) is 12.8 Å². The summed E-state index contributed by atoms with van der Waals surface area (Å²) in [6.07, 6.45) is 4.50. The molecule has 20 heavy (non-hydrogen) atoms. The SMILES string of the molecule is CC1(C)CCCC(NC(=O)COc2ccccc2N)C1. The largest absolute Gasteiger partial charge is 0.482 e. The summed E-state index contributed by atoms with van der Waals surface area (Å²) in [4.78, 5) is 11.9. The molecule has 0 saturated heterocycles. The van der Waals surface area contributed by atoms with Gasteiger partial charge in [0.05, 0.1) is 5.69 Å². The molecule has 0 heterocycles. The molecule has 3 N–H and O–H groups in total. The highest BCUT2D eigenvalue weighted by atomic mass is 16.5. The summed E-state index contributed by atoms with van der Waals surface area (Å²) in [5, 5.41) is 3.06. The molecule has 1 unspecified atom stereocenters. The van der Waals surface area contributed by atoms with Crippen LogP contribution < -0.4 is 15.8 Å². The maximum atomic E-state index is 11.9. The fourth-order valence-corrected chi connectivity index (χ4v) is 2.85. The minimum Gasteiger partial charge on any atom is -0.482 e. The van der Waals surface area contributed by atoms with E-state index in [0.29, 0.717) is 16.9 Å². The zero-order valence-corrected chi connectivity index (χ0v) is 12.3. The fraction of sp³-hybridized carbons (Fsp3) is 0.562. The van der Waals surface area contributed by atoms with Crippen molar-refractivity contribution < 1.29 is 9.53 Å². The van der Waals surface area contributed by atoms with E-state index in [4.69, 9.17) is 10.5 Å². The summed E-state index contributed by atoms with van der Waals surface area (Å²) in [5.41, 5.74) is 6.64. The molecule has 0 aliphatic heterocycles. The number of anilines is 1. The van der Waals surface area contributed by atoms with Crippen LogP contribution >= 0.6 is 0 Å². The second-order valence-electron chi connectivity index (χ2n) is 6.35. The summed E-state index contributed by atoms with van der Waals surface area (Å²) < 4.78 is 5.46. The van der Waals surface area contributed by atoms with Gasteiger partial charge in [-0.3, -0.25) is 4.79 Å². The molecule has 1 saturated carbocycles. The molecule has 1 aliphatic carbocycles. The van der Waals surface area contributed by atoms with Gasteiger partial charge in [-0.2, -0.15) is 0 Å². The highest BCUT2D eigenvalue weighted by Crippen LogP contribution is 2.35. The van der Waals surface area contributed by atoms with Gasteiger partial charge in [-0.1, -0.05) is 32.4 Å². The lowest BCUT2D eigenvalue weighted by Gasteiger charge is -2.35. The molecule has 4 nitrogen and oxygen atoms in total. The number of para-hydroxylation sites is 2. The van der Waals surface area contributed by atoms with Gasteiger partial charge in [0.25, 0.3) is 5.91 Å². The third-order valence-electron chi connectivity index (χ3n) is 3.85. The Hall–Kier alpha value is -1.71. The van der Waals surface area contributed by atoms with E-state index >= 15 is 0 Å². The topological polar surface area (TPSA) is 64.3 Å². The van der Waals surface area contributed by atoms with Crippen LogP contribution in [-0.4, -0.2) is 18.6 Å². The molecule has 110 valence electrons. The number of hydrogen-bond donors (Lipinski definition) is 2. The Kier molecular flexibility index (Phi) is 4.53. The van der Waals surface area contributed by atoms with E-state index < -0.39 is 0 Å². The van der Waals surface area contributed by atoms with Gasteiger partial charge in [0, 0.05) is 6.04 Å². The number of carbonyl (C=O) groups is 1. The van der Waals surface area contributed by atoms with Gasteiger partial charge in [0.15, 0.2) is 6.61 Å². The van der Waals surface area contributed by atoms with Gasteiger partial charge in [0.1, 0.15) is 5.75 Å². The van der Waals surface area contributed by atoms with Crippen LogP contribution in [0.15, 0.2) is 24.3 Å². The number of amides is 1. The monoisotopic (exact) mass is 276 g/mol. The van der Waals surface area contributed by atoms with Crippen molar-refractivity contribution in [2.75, 3.05) is 12.3 Å². The number of ether oxygens (including phenoxy) is 1. The van der Waals surface area contributed by atoms with E-state index in [0.717, 1.165) is 12.8 Å². The van der Waals surface area contributed by atoms with Crippen LogP contribution in [0.1, 0.15) is 39.5 Å². The van der Waals surface area contributed by atoms with Crippen molar-refractivity contribution >= 4 is 11.6 Å². The Balaban J connectivity index is 1.80. The summed E-state index contributed by atoms with van der Waals surface area (Å²) in [5.74, 6) is 0.488. The predicted molar refractivity (Wildman–Crippen MR) is 80.5 cm³/mol. The summed E-state index contributed by atoms with van der Waals surface area (Å²) in [6, 6.07) is 7.48. The van der Waals surface area contributed by atoms with E-state index in [9.17, 15) is 4.79 Å². The van der Waals surface area contributed by atoms with Crippen molar-refractivity contribution in [2.45, 2.75) is 45.6 Å². The lowest BCUT2D eigenvalue weighted by Crippen LogP contribution is -2.42. The lowest BCUT2D eigenvalue weighted by molar-refractivity contribution is -0.124. The van der Waals surface area contributed by atoms with Crippen molar-refractivity contribution in [2.24, 2.45) is 5.41 Å². The molecule has 0 aromatic heterocycles. The molecule has 0 radical (unpaired) electrons. The molecular weight excluding hydrogens is 252 g/mol. The number of benzene rings is 1. The van der Waals surface area contributed by atoms with Crippen molar-refractivity contribution in [3.8, 4) is 5.75 Å². The smallest absolute Gasteiger partial charge is 0.258 e. The Morgan fingerprint density at radius 2 is 2.20 bits per heavy atom. The van der Waals surface area contributed by atoms with Gasteiger partial charge in [0.2, 0.25) is 0 Å². The standard InChI is InChI=1S/C16H24N2O2/c1-16(2)9-5-6-12(10-16)18-15(19)11-20-14-8-4-3-7-13(14)17/h3-4,7-8,12H,5-6,9-11,17H2,1-2H3,(H,18,19). The molecule has 0 spiro atoms. The first-order valence-electron chi connectivity index (χ1n) is 7.23. The minimum absolute atomic E-state index is 0.0190. The maximum absolute atomic E-state index is 11.9. The molecule has 1 atom stereocenters. The van der Waals surface area contributed by atoms with E-state index in [-0.39, 0.29) is 18.6 Å². The summed E-state index contributed by atoms with van der Waals surface area (Å²) in [7, 11) is 0. The van der Waals surface area contributed by atoms with Crippen LogP contribution in [0.2, 0.25) is 0 Å². The zero-order valence-electron chi connectivity index (χ0n) is 12.3. The van der Waals surface area contributed by atoms with E-state index in [1.807, 2.05) is 12.1 Å². The quantitative estimate of drug-likeness (QED) is 0.831. The number of hydrogen-bond acceptors (Lipinski definition) is 3. The van der Waals surface area contributed by atoms with Gasteiger partial charge < -0.3 is 15.8 Å². The fourth-order valence-electron chi connectivity index (χ4n) is 2.85. The van der Waals surface area contributed by atoms with Crippen LogP contribution in [0.25, 0.3) is 0 Å². The number of nitrogens with two attached hydrogens (primary N) is 1. The third-order valence-corrected chi connectivity index (χ3v) is 3.85. The Labute approximate surface area is 120 Å². The van der Waals surface area contributed by atoms with Crippen molar-refractivity contribution in [1.29, 1.82) is 0 Å². The van der Waals surface area contributed by atoms with E-state index in [2.05, 4.69) is 19.2 Å². The number of carbonyl (C=O) groups excluding carboxylic acids is 1. The van der Waals surface area contributed by atoms with Gasteiger partial charge >= 0.3 is 0 Å². The molecule has 1 amide bonds. The first-order valence-corrected chi connectivity index (χ1v) is 7.23. The average Bonchev–Trinajstić information content (AvgIpc) is 2.36. The van der Waals surface area contributed by atoms with Gasteiger partial charge in [-0.15, -0.1) is 0 Å². The van der Waals surface area contributed by atoms with E-state index in [1.54, 1.807) is 12.1 Å². The van der Waals surface area contributed by atoms with Crippen LogP contribution in [-0.2, 0) is 4.79 Å². The summed E-state index contributed by atoms with van der Waals surface area (Å²) >= 11 is 0. The Morgan fingerprint density at radius 3 is 2.90 bits per heavy atom. The zero-order chi connectivity index (χ0) is 14.6. The molecule has 4 heteroatoms. The third kappa shape index (κ3) is 4.15. The van der Waals surface area contributed by atoms with Crippen molar-refractivity contribution in [3.63, 3.8) is 0 Å². The molecule has 1 fully saturated rings. The number of nitrogen functional groups attached to an aromatic ring is 1. The molecular formula is C16H24N2O2. The predicted octanol–water partition coefficient (Wildman–Crippen LogP) is 2.73. The highest BCUT2D eigenvalue weighted by molar-refractivity contribution is 5.78. The van der Waals surface area contributed by atoms with Crippen molar-refractivity contribution in [3.05, 3.63) is 24.3 Å². The van der Waals surface area contributed by atoms with Crippen LogP contribution in [0, 0.1) is 5.41 Å². The second kappa shape index (κ2) is 6.16. The van der Waals surface area contributed by atoms with Gasteiger partial charge in [-0.05, 0) is 36.8 Å². The number of nitrogens with one attached hydrogen (secondary N) is 1.